The summed E-state index contributed by atoms with van der Waals surface area (Å²) in [5, 5.41) is 8.64. The maximum Gasteiger partial charge on any atom is 0.327 e. The molecule has 3 rings (SSSR count). The van der Waals surface area contributed by atoms with Crippen LogP contribution in [0.3, 0.4) is 0 Å². The quantitative estimate of drug-likeness (QED) is 0.507. The Morgan fingerprint density at radius 3 is 2.12 bits per heavy atom. The van der Waals surface area contributed by atoms with E-state index in [2.05, 4.69) is 40.2 Å². The van der Waals surface area contributed by atoms with Crippen LogP contribution in [0.2, 0.25) is 0 Å². The van der Waals surface area contributed by atoms with Gasteiger partial charge in [-0.25, -0.2) is 4.79 Å². The number of benzene rings is 1. The monoisotopic (exact) mass is 418 g/mol. The van der Waals surface area contributed by atoms with Crippen LogP contribution in [0, 0.1) is 17.8 Å². The molecular weight excluding hydrogens is 388 g/mol. The first-order valence-electron chi connectivity index (χ1n) is 10.3. The molecule has 0 aliphatic heterocycles. The van der Waals surface area contributed by atoms with Crippen molar-refractivity contribution in [3.05, 3.63) is 46.5 Å². The van der Waals surface area contributed by atoms with Crippen molar-refractivity contribution >= 4 is 21.9 Å². The molecule has 0 atom stereocenters. The number of allylic oxidation sites excluding steroid dienone is 1. The molecule has 0 unspecified atom stereocenters. The highest BCUT2D eigenvalue weighted by Gasteiger charge is 2.31. The van der Waals surface area contributed by atoms with Crippen molar-refractivity contribution in [3.8, 4) is 0 Å². The number of hydrogen-bond acceptors (Lipinski definition) is 1. The van der Waals surface area contributed by atoms with Crippen LogP contribution in [0.4, 0.5) is 0 Å². The topological polar surface area (TPSA) is 37.3 Å². The van der Waals surface area contributed by atoms with Crippen LogP contribution in [0.25, 0.3) is 0 Å². The molecule has 1 N–H and O–H groups in total. The van der Waals surface area contributed by atoms with Gasteiger partial charge in [-0.3, -0.25) is 0 Å². The minimum atomic E-state index is -0.826. The van der Waals surface area contributed by atoms with Gasteiger partial charge in [-0.15, -0.1) is 0 Å². The first-order chi connectivity index (χ1) is 12.6. The predicted octanol–water partition coefficient (Wildman–Crippen LogP) is 6.95. The first kappa shape index (κ1) is 19.7. The highest BCUT2D eigenvalue weighted by molar-refractivity contribution is 9.10. The fourth-order valence-electron chi connectivity index (χ4n) is 5.12. The van der Waals surface area contributed by atoms with Gasteiger partial charge in [0.05, 0.1) is 0 Å². The molecule has 26 heavy (non-hydrogen) atoms. The summed E-state index contributed by atoms with van der Waals surface area (Å²) in [6, 6.07) is 8.93. The van der Waals surface area contributed by atoms with Crippen LogP contribution in [-0.2, 0) is 4.79 Å². The minimum absolute atomic E-state index is 0.761. The zero-order valence-corrected chi connectivity index (χ0v) is 17.2. The number of carbonyl (C=O) groups is 1. The summed E-state index contributed by atoms with van der Waals surface area (Å²) >= 11 is 3.53. The Morgan fingerprint density at radius 1 is 0.962 bits per heavy atom. The Balaban J connectivity index is 1.38. The highest BCUT2D eigenvalue weighted by atomic mass is 79.9. The Hall–Kier alpha value is -1.09. The molecular formula is C23H31BrO2. The van der Waals surface area contributed by atoms with E-state index >= 15 is 0 Å². The Bertz CT molecular complexity index is 591. The lowest BCUT2D eigenvalue weighted by Gasteiger charge is -2.38. The molecule has 2 nitrogen and oxygen atoms in total. The number of halogens is 1. The summed E-state index contributed by atoms with van der Waals surface area (Å²) in [4.78, 5) is 10.5. The SMILES string of the molecule is O=C(O)/C=C/CCC1CCC(C2CCC(c3ccc(Br)cc3)CC2)CC1. The van der Waals surface area contributed by atoms with E-state index in [0.29, 0.717) is 0 Å². The molecule has 2 fully saturated rings. The van der Waals surface area contributed by atoms with E-state index in [0.717, 1.165) is 36.5 Å². The van der Waals surface area contributed by atoms with Crippen molar-refractivity contribution in [1.82, 2.24) is 0 Å². The molecule has 2 aliphatic rings. The molecule has 3 heteroatoms. The van der Waals surface area contributed by atoms with Crippen LogP contribution in [0.1, 0.15) is 75.7 Å². The van der Waals surface area contributed by atoms with Gasteiger partial charge in [-0.2, -0.15) is 0 Å². The van der Waals surface area contributed by atoms with Crippen LogP contribution in [-0.4, -0.2) is 11.1 Å². The molecule has 2 saturated carbocycles. The number of carboxylic acids is 1. The number of hydrogen-bond donors (Lipinski definition) is 1. The van der Waals surface area contributed by atoms with E-state index in [9.17, 15) is 4.79 Å². The second kappa shape index (κ2) is 9.73. The normalized spacial score (nSPS) is 29.7. The predicted molar refractivity (Wildman–Crippen MR) is 110 cm³/mol. The Kier molecular flexibility index (Phi) is 7.36. The van der Waals surface area contributed by atoms with Crippen LogP contribution in [0.15, 0.2) is 40.9 Å². The zero-order valence-electron chi connectivity index (χ0n) is 15.6. The maximum atomic E-state index is 10.5. The lowest BCUT2D eigenvalue weighted by atomic mass is 9.68. The van der Waals surface area contributed by atoms with Crippen molar-refractivity contribution in [1.29, 1.82) is 0 Å². The molecule has 1 aromatic rings. The number of aliphatic carboxylic acids is 1. The van der Waals surface area contributed by atoms with Gasteiger partial charge in [0, 0.05) is 10.5 Å². The van der Waals surface area contributed by atoms with Crippen LogP contribution in [0.5, 0.6) is 0 Å². The summed E-state index contributed by atoms with van der Waals surface area (Å²) in [5.41, 5.74) is 1.52. The Morgan fingerprint density at radius 2 is 1.54 bits per heavy atom. The largest absolute Gasteiger partial charge is 0.478 e. The highest BCUT2D eigenvalue weighted by Crippen LogP contribution is 2.44. The molecule has 0 radical (unpaired) electrons. The van der Waals surface area contributed by atoms with E-state index in [1.807, 2.05) is 6.08 Å². The molecule has 0 bridgehead atoms. The van der Waals surface area contributed by atoms with E-state index in [1.165, 1.54) is 67.5 Å². The average Bonchev–Trinajstić information content (AvgIpc) is 2.66. The van der Waals surface area contributed by atoms with Crippen LogP contribution < -0.4 is 0 Å². The summed E-state index contributed by atoms with van der Waals surface area (Å²) in [7, 11) is 0. The van der Waals surface area contributed by atoms with Gasteiger partial charge in [0.15, 0.2) is 0 Å². The lowest BCUT2D eigenvalue weighted by Crippen LogP contribution is -2.25. The number of rotatable bonds is 6. The zero-order chi connectivity index (χ0) is 18.4. The third-order valence-electron chi connectivity index (χ3n) is 6.67. The third kappa shape index (κ3) is 5.70. The lowest BCUT2D eigenvalue weighted by molar-refractivity contribution is -0.131. The fourth-order valence-corrected chi connectivity index (χ4v) is 5.39. The average molecular weight is 419 g/mol. The molecule has 2 aliphatic carbocycles. The Labute approximate surface area is 166 Å². The van der Waals surface area contributed by atoms with Gasteiger partial charge in [0.2, 0.25) is 0 Å². The van der Waals surface area contributed by atoms with E-state index in [4.69, 9.17) is 5.11 Å². The van der Waals surface area contributed by atoms with Crippen molar-refractivity contribution in [2.45, 2.75) is 70.1 Å². The summed E-state index contributed by atoms with van der Waals surface area (Å²) in [6.07, 6.45) is 16.2. The molecule has 1 aromatic carbocycles. The van der Waals surface area contributed by atoms with Gasteiger partial charge in [-0.05, 0) is 92.7 Å². The van der Waals surface area contributed by atoms with E-state index in [-0.39, 0.29) is 0 Å². The first-order valence-corrected chi connectivity index (χ1v) is 11.1. The van der Waals surface area contributed by atoms with Gasteiger partial charge in [0.25, 0.3) is 0 Å². The molecule has 0 spiro atoms. The van der Waals surface area contributed by atoms with E-state index < -0.39 is 5.97 Å². The number of carboxylic acid groups (broad SMARTS) is 1. The molecule has 142 valence electrons. The van der Waals surface area contributed by atoms with Crippen molar-refractivity contribution < 1.29 is 9.90 Å². The summed E-state index contributed by atoms with van der Waals surface area (Å²) < 4.78 is 1.17. The second-order valence-electron chi connectivity index (χ2n) is 8.26. The van der Waals surface area contributed by atoms with Gasteiger partial charge in [0.1, 0.15) is 0 Å². The third-order valence-corrected chi connectivity index (χ3v) is 7.20. The van der Waals surface area contributed by atoms with Crippen molar-refractivity contribution in [2.75, 3.05) is 0 Å². The maximum absolute atomic E-state index is 10.5. The molecule has 0 saturated heterocycles. The molecule has 0 aromatic heterocycles. The minimum Gasteiger partial charge on any atom is -0.478 e. The summed E-state index contributed by atoms with van der Waals surface area (Å²) in [6.45, 7) is 0. The van der Waals surface area contributed by atoms with Crippen molar-refractivity contribution in [2.24, 2.45) is 17.8 Å². The smallest absolute Gasteiger partial charge is 0.327 e. The summed E-state index contributed by atoms with van der Waals surface area (Å²) in [5.74, 6) is 2.62. The fraction of sp³-hybridized carbons (Fsp3) is 0.609. The van der Waals surface area contributed by atoms with E-state index in [1.54, 1.807) is 0 Å². The van der Waals surface area contributed by atoms with Gasteiger partial charge in [-0.1, -0.05) is 47.0 Å². The van der Waals surface area contributed by atoms with Gasteiger partial charge >= 0.3 is 5.97 Å². The molecule has 0 amide bonds. The molecule has 0 heterocycles. The second-order valence-corrected chi connectivity index (χ2v) is 9.18. The standard InChI is InChI=1S/C23H31BrO2/c24-22-15-13-21(14-16-22)20-11-9-19(10-12-20)18-7-5-17(6-8-18)3-1-2-4-23(25)26/h2,4,13-20H,1,3,5-12H2,(H,25,26)/b4-2+. The van der Waals surface area contributed by atoms with Crippen molar-refractivity contribution in [3.63, 3.8) is 0 Å². The van der Waals surface area contributed by atoms with Gasteiger partial charge < -0.3 is 5.11 Å². The van der Waals surface area contributed by atoms with Crippen LogP contribution >= 0.6 is 15.9 Å².